The van der Waals surface area contributed by atoms with Gasteiger partial charge in [-0.3, -0.25) is 4.79 Å². The Labute approximate surface area is 117 Å². The van der Waals surface area contributed by atoms with Crippen molar-refractivity contribution >= 4 is 40.8 Å². The highest BCUT2D eigenvalue weighted by Crippen LogP contribution is 2.36. The highest BCUT2D eigenvalue weighted by atomic mass is 35.5. The van der Waals surface area contributed by atoms with Crippen LogP contribution in [0.4, 0.5) is 4.39 Å². The zero-order valence-electron chi connectivity index (χ0n) is 8.86. The smallest absolute Gasteiger partial charge is 0.160 e. The van der Waals surface area contributed by atoms with Crippen molar-refractivity contribution in [1.82, 2.24) is 0 Å². The van der Waals surface area contributed by atoms with Gasteiger partial charge in [-0.1, -0.05) is 23.2 Å². The fourth-order valence-electron chi connectivity index (χ4n) is 1.54. The van der Waals surface area contributed by atoms with Crippen molar-refractivity contribution in [3.05, 3.63) is 55.4 Å². The van der Waals surface area contributed by atoms with Crippen molar-refractivity contribution in [2.75, 3.05) is 0 Å². The first-order valence-corrected chi connectivity index (χ1v) is 6.47. The zero-order valence-corrected chi connectivity index (χ0v) is 11.2. The number of hydrogen-bond acceptors (Lipinski definition) is 3. The summed E-state index contributed by atoms with van der Waals surface area (Å²) in [7, 11) is 0. The largest absolute Gasteiger partial charge is 0.383 e. The van der Waals surface area contributed by atoms with Gasteiger partial charge in [-0.2, -0.15) is 0 Å². The minimum absolute atomic E-state index is 0.0275. The van der Waals surface area contributed by atoms with Crippen molar-refractivity contribution in [3.8, 4) is 0 Å². The maximum Gasteiger partial charge on any atom is 0.160 e. The van der Waals surface area contributed by atoms with Gasteiger partial charge in [-0.05, 0) is 24.3 Å². The Morgan fingerprint density at radius 3 is 2.61 bits per heavy atom. The molecule has 0 saturated carbocycles. The number of aldehydes is 1. The summed E-state index contributed by atoms with van der Waals surface area (Å²) in [5.74, 6) is -0.582. The molecular formula is C12H7Cl2FO2S. The molecule has 2 rings (SSSR count). The van der Waals surface area contributed by atoms with Crippen LogP contribution in [0.25, 0.3) is 0 Å². The van der Waals surface area contributed by atoms with E-state index in [2.05, 4.69) is 0 Å². The third-order valence-corrected chi connectivity index (χ3v) is 3.95. The van der Waals surface area contributed by atoms with E-state index in [1.54, 1.807) is 0 Å². The Hall–Kier alpha value is -0.940. The highest BCUT2D eigenvalue weighted by Gasteiger charge is 2.20. The highest BCUT2D eigenvalue weighted by molar-refractivity contribution is 7.17. The Balaban J connectivity index is 2.46. The van der Waals surface area contributed by atoms with Gasteiger partial charge < -0.3 is 5.11 Å². The van der Waals surface area contributed by atoms with Crippen molar-refractivity contribution < 1.29 is 14.3 Å². The molecular weight excluding hydrogens is 298 g/mol. The number of carbonyl (C=O) groups is 1. The van der Waals surface area contributed by atoms with Crippen LogP contribution in [-0.4, -0.2) is 11.4 Å². The van der Waals surface area contributed by atoms with Crippen LogP contribution < -0.4 is 0 Å². The lowest BCUT2D eigenvalue weighted by atomic mass is 10.0. The first-order valence-electron chi connectivity index (χ1n) is 4.90. The van der Waals surface area contributed by atoms with Crippen LogP contribution >= 0.6 is 34.5 Å². The van der Waals surface area contributed by atoms with Crippen LogP contribution in [0.2, 0.25) is 9.36 Å². The second-order valence-corrected chi connectivity index (χ2v) is 5.69. The molecule has 0 aliphatic heterocycles. The average molecular weight is 305 g/mol. The summed E-state index contributed by atoms with van der Waals surface area (Å²) in [5.41, 5.74) is 0.324. The first-order chi connectivity index (χ1) is 8.52. The SMILES string of the molecule is O=Cc1cc([C@H](O)c2cc(Cl)ccc2F)c(Cl)s1. The maximum absolute atomic E-state index is 13.6. The van der Waals surface area contributed by atoms with Crippen LogP contribution in [0.3, 0.4) is 0 Å². The molecule has 1 heterocycles. The molecule has 0 radical (unpaired) electrons. The van der Waals surface area contributed by atoms with E-state index in [4.69, 9.17) is 23.2 Å². The molecule has 1 atom stereocenters. The summed E-state index contributed by atoms with van der Waals surface area (Å²) in [6.45, 7) is 0. The molecule has 0 spiro atoms. The fourth-order valence-corrected chi connectivity index (χ4v) is 2.87. The van der Waals surface area contributed by atoms with Crippen LogP contribution in [-0.2, 0) is 0 Å². The van der Waals surface area contributed by atoms with Gasteiger partial charge in [-0.15, -0.1) is 11.3 Å². The van der Waals surface area contributed by atoms with E-state index in [9.17, 15) is 14.3 Å². The summed E-state index contributed by atoms with van der Waals surface area (Å²) < 4.78 is 13.9. The van der Waals surface area contributed by atoms with Gasteiger partial charge in [0, 0.05) is 16.1 Å². The summed E-state index contributed by atoms with van der Waals surface area (Å²) in [6.07, 6.45) is -0.623. The summed E-state index contributed by atoms with van der Waals surface area (Å²) in [4.78, 5) is 11.0. The van der Waals surface area contributed by atoms with E-state index in [0.29, 0.717) is 21.7 Å². The molecule has 0 unspecified atom stereocenters. The van der Waals surface area contributed by atoms with Gasteiger partial charge in [0.05, 0.1) is 9.21 Å². The molecule has 0 aliphatic carbocycles. The van der Waals surface area contributed by atoms with Gasteiger partial charge in [0.2, 0.25) is 0 Å². The van der Waals surface area contributed by atoms with Crippen LogP contribution in [0.15, 0.2) is 24.3 Å². The quantitative estimate of drug-likeness (QED) is 0.867. The number of halogens is 3. The fraction of sp³-hybridized carbons (Fsp3) is 0.0833. The Morgan fingerprint density at radius 1 is 1.28 bits per heavy atom. The van der Waals surface area contributed by atoms with Crippen molar-refractivity contribution in [3.63, 3.8) is 0 Å². The molecule has 0 bridgehead atoms. The topological polar surface area (TPSA) is 37.3 Å². The number of rotatable bonds is 3. The van der Waals surface area contributed by atoms with E-state index < -0.39 is 11.9 Å². The second kappa shape index (κ2) is 5.36. The van der Waals surface area contributed by atoms with E-state index in [-0.39, 0.29) is 9.90 Å². The number of aliphatic hydroxyl groups excluding tert-OH is 1. The molecule has 2 aromatic rings. The van der Waals surface area contributed by atoms with Crippen molar-refractivity contribution in [2.24, 2.45) is 0 Å². The standard InChI is InChI=1S/C12H7Cl2FO2S/c13-6-1-2-10(15)8(3-6)11(17)9-4-7(5-16)18-12(9)14/h1-5,11,17H/t11-/m1/s1. The third kappa shape index (κ3) is 2.57. The molecule has 6 heteroatoms. The lowest BCUT2D eigenvalue weighted by molar-refractivity contribution is 0.112. The first kappa shape index (κ1) is 13.5. The minimum atomic E-state index is -1.25. The van der Waals surface area contributed by atoms with E-state index >= 15 is 0 Å². The Bertz CT molecular complexity index is 598. The van der Waals surface area contributed by atoms with Gasteiger partial charge >= 0.3 is 0 Å². The number of benzene rings is 1. The summed E-state index contributed by atoms with van der Waals surface area (Å²) >= 11 is 12.7. The predicted molar refractivity (Wildman–Crippen MR) is 70.2 cm³/mol. The lowest BCUT2D eigenvalue weighted by Crippen LogP contribution is -2.02. The molecule has 18 heavy (non-hydrogen) atoms. The number of thiophene rings is 1. The van der Waals surface area contributed by atoms with E-state index in [0.717, 1.165) is 11.3 Å². The molecule has 1 aromatic heterocycles. The molecule has 0 aliphatic rings. The van der Waals surface area contributed by atoms with Crippen molar-refractivity contribution in [1.29, 1.82) is 0 Å². The lowest BCUT2D eigenvalue weighted by Gasteiger charge is -2.11. The monoisotopic (exact) mass is 304 g/mol. The van der Waals surface area contributed by atoms with Gasteiger partial charge in [0.1, 0.15) is 11.9 Å². The second-order valence-electron chi connectivity index (χ2n) is 3.56. The van der Waals surface area contributed by atoms with Crippen LogP contribution in [0.1, 0.15) is 26.9 Å². The molecule has 0 amide bonds. The third-order valence-electron chi connectivity index (χ3n) is 2.40. The molecule has 1 N–H and O–H groups in total. The Morgan fingerprint density at radius 2 is 2.00 bits per heavy atom. The number of hydrogen-bond donors (Lipinski definition) is 1. The van der Waals surface area contributed by atoms with Gasteiger partial charge in [-0.25, -0.2) is 4.39 Å². The Kier molecular flexibility index (Phi) is 4.02. The molecule has 94 valence electrons. The summed E-state index contributed by atoms with van der Waals surface area (Å²) in [6, 6.07) is 5.32. The van der Waals surface area contributed by atoms with E-state index in [1.165, 1.54) is 24.3 Å². The number of aliphatic hydroxyl groups is 1. The van der Waals surface area contributed by atoms with E-state index in [1.807, 2.05) is 0 Å². The average Bonchev–Trinajstić information content (AvgIpc) is 2.73. The summed E-state index contributed by atoms with van der Waals surface area (Å²) in [5, 5.41) is 10.4. The minimum Gasteiger partial charge on any atom is -0.383 e. The maximum atomic E-state index is 13.6. The molecule has 0 saturated heterocycles. The van der Waals surface area contributed by atoms with Crippen molar-refractivity contribution in [2.45, 2.75) is 6.10 Å². The zero-order chi connectivity index (χ0) is 13.3. The molecule has 2 nitrogen and oxygen atoms in total. The van der Waals surface area contributed by atoms with Crippen LogP contribution in [0.5, 0.6) is 0 Å². The predicted octanol–water partition coefficient (Wildman–Crippen LogP) is 4.09. The number of carbonyl (C=O) groups excluding carboxylic acids is 1. The van der Waals surface area contributed by atoms with Crippen LogP contribution in [0, 0.1) is 5.82 Å². The normalized spacial score (nSPS) is 12.4. The van der Waals surface area contributed by atoms with Gasteiger partial charge in [0.15, 0.2) is 6.29 Å². The molecule has 1 aromatic carbocycles. The molecule has 0 fully saturated rings. The van der Waals surface area contributed by atoms with Gasteiger partial charge in [0.25, 0.3) is 0 Å².